The van der Waals surface area contributed by atoms with Gasteiger partial charge in [-0.05, 0) is 56.0 Å². The molecule has 0 aromatic heterocycles. The van der Waals surface area contributed by atoms with E-state index < -0.39 is 0 Å². The summed E-state index contributed by atoms with van der Waals surface area (Å²) in [4.78, 5) is 12.1. The van der Waals surface area contributed by atoms with E-state index in [1.807, 2.05) is 63.2 Å². The van der Waals surface area contributed by atoms with Gasteiger partial charge in [0.05, 0.1) is 7.11 Å². The number of carbonyl (C=O) groups excluding carboxylic acids is 1. The molecule has 2 aromatic carbocycles. The molecule has 1 atom stereocenters. The van der Waals surface area contributed by atoms with E-state index in [-0.39, 0.29) is 18.6 Å². The average Bonchev–Trinajstić information content (AvgIpc) is 2.54. The Morgan fingerprint density at radius 1 is 1.12 bits per heavy atom. The second kappa shape index (κ2) is 8.39. The fraction of sp³-hybridized carbons (Fsp3) is 0.350. The Bertz CT molecular complexity index is 677. The van der Waals surface area contributed by atoms with Gasteiger partial charge in [0.15, 0.2) is 6.61 Å². The van der Waals surface area contributed by atoms with Crippen LogP contribution in [0.1, 0.15) is 23.6 Å². The number of benzene rings is 2. The quantitative estimate of drug-likeness (QED) is 0.847. The summed E-state index contributed by atoms with van der Waals surface area (Å²) in [6.07, 6.45) is 0.742. The highest BCUT2D eigenvalue weighted by molar-refractivity contribution is 5.77. The van der Waals surface area contributed by atoms with Gasteiger partial charge in [-0.3, -0.25) is 4.79 Å². The molecule has 1 N–H and O–H groups in total. The normalized spacial score (nSPS) is 11.7. The Labute approximate surface area is 143 Å². The van der Waals surface area contributed by atoms with Crippen molar-refractivity contribution in [1.82, 2.24) is 5.32 Å². The lowest BCUT2D eigenvalue weighted by Gasteiger charge is -2.16. The Hall–Kier alpha value is -2.49. The molecule has 0 heterocycles. The summed E-state index contributed by atoms with van der Waals surface area (Å²) in [7, 11) is 1.65. The maximum Gasteiger partial charge on any atom is 0.258 e. The summed E-state index contributed by atoms with van der Waals surface area (Å²) in [5.41, 5.74) is 3.19. The highest BCUT2D eigenvalue weighted by Gasteiger charge is 2.11. The molecule has 128 valence electrons. The number of hydrogen-bond acceptors (Lipinski definition) is 3. The molecule has 0 saturated heterocycles. The molecule has 0 spiro atoms. The van der Waals surface area contributed by atoms with Crippen molar-refractivity contribution in [2.24, 2.45) is 0 Å². The molecule has 2 aromatic rings. The van der Waals surface area contributed by atoms with Crippen LogP contribution in [0.15, 0.2) is 42.5 Å². The predicted octanol–water partition coefficient (Wildman–Crippen LogP) is 3.44. The number of para-hydroxylation sites is 1. The third-order valence-corrected chi connectivity index (χ3v) is 3.84. The molecule has 0 bridgehead atoms. The lowest BCUT2D eigenvalue weighted by atomic mass is 10.1. The minimum absolute atomic E-state index is 0.0196. The molecule has 4 heteroatoms. The molecule has 2 rings (SSSR count). The molecule has 0 saturated carbocycles. The number of methoxy groups -OCH3 is 1. The third-order valence-electron chi connectivity index (χ3n) is 3.84. The Kier molecular flexibility index (Phi) is 6.24. The fourth-order valence-corrected chi connectivity index (χ4v) is 2.69. The van der Waals surface area contributed by atoms with Crippen molar-refractivity contribution in [2.45, 2.75) is 33.2 Å². The van der Waals surface area contributed by atoms with Crippen LogP contribution in [0.4, 0.5) is 0 Å². The van der Waals surface area contributed by atoms with E-state index in [9.17, 15) is 4.79 Å². The van der Waals surface area contributed by atoms with Crippen LogP contribution in [0.25, 0.3) is 0 Å². The summed E-state index contributed by atoms with van der Waals surface area (Å²) in [6, 6.07) is 13.8. The molecule has 1 amide bonds. The van der Waals surface area contributed by atoms with Crippen LogP contribution in [-0.4, -0.2) is 25.7 Å². The van der Waals surface area contributed by atoms with Gasteiger partial charge in [-0.25, -0.2) is 0 Å². The van der Waals surface area contributed by atoms with Crippen molar-refractivity contribution in [1.29, 1.82) is 0 Å². The lowest BCUT2D eigenvalue weighted by molar-refractivity contribution is -0.123. The van der Waals surface area contributed by atoms with Crippen LogP contribution >= 0.6 is 0 Å². The lowest BCUT2D eigenvalue weighted by Crippen LogP contribution is -2.37. The van der Waals surface area contributed by atoms with Gasteiger partial charge in [0, 0.05) is 6.04 Å². The van der Waals surface area contributed by atoms with Crippen molar-refractivity contribution in [3.8, 4) is 11.5 Å². The van der Waals surface area contributed by atoms with Crippen molar-refractivity contribution in [3.63, 3.8) is 0 Å². The SMILES string of the molecule is COc1cccc(CC(C)NC(=O)COc2c(C)cccc2C)c1. The van der Waals surface area contributed by atoms with Gasteiger partial charge in [-0.2, -0.15) is 0 Å². The van der Waals surface area contributed by atoms with Gasteiger partial charge in [-0.15, -0.1) is 0 Å². The second-order valence-electron chi connectivity index (χ2n) is 6.03. The van der Waals surface area contributed by atoms with Crippen molar-refractivity contribution < 1.29 is 14.3 Å². The number of aryl methyl sites for hydroxylation is 2. The predicted molar refractivity (Wildman–Crippen MR) is 95.7 cm³/mol. The number of nitrogens with one attached hydrogen (secondary N) is 1. The summed E-state index contributed by atoms with van der Waals surface area (Å²) < 4.78 is 10.9. The first-order valence-electron chi connectivity index (χ1n) is 8.11. The maximum absolute atomic E-state index is 12.1. The monoisotopic (exact) mass is 327 g/mol. The summed E-state index contributed by atoms with van der Waals surface area (Å²) in [6.45, 7) is 5.96. The van der Waals surface area contributed by atoms with E-state index in [2.05, 4.69) is 5.32 Å². The van der Waals surface area contributed by atoms with Crippen LogP contribution in [0.5, 0.6) is 11.5 Å². The minimum atomic E-state index is -0.118. The van der Waals surface area contributed by atoms with Gasteiger partial charge in [0.1, 0.15) is 11.5 Å². The molecular weight excluding hydrogens is 302 g/mol. The Morgan fingerprint density at radius 3 is 2.46 bits per heavy atom. The largest absolute Gasteiger partial charge is 0.497 e. The standard InChI is InChI=1S/C20H25NO3/c1-14-7-5-8-15(2)20(14)24-13-19(22)21-16(3)11-17-9-6-10-18(12-17)23-4/h5-10,12,16H,11,13H2,1-4H3,(H,21,22). The van der Waals surface area contributed by atoms with Crippen LogP contribution in [-0.2, 0) is 11.2 Å². The Morgan fingerprint density at radius 2 is 1.79 bits per heavy atom. The first-order valence-corrected chi connectivity index (χ1v) is 8.11. The number of rotatable bonds is 7. The van der Waals surface area contributed by atoms with Crippen molar-refractivity contribution in [2.75, 3.05) is 13.7 Å². The first-order chi connectivity index (χ1) is 11.5. The summed E-state index contributed by atoms with van der Waals surface area (Å²) >= 11 is 0. The first kappa shape index (κ1) is 17.9. The molecule has 0 fully saturated rings. The van der Waals surface area contributed by atoms with E-state index in [4.69, 9.17) is 9.47 Å². The third kappa shape index (κ3) is 5.01. The van der Waals surface area contributed by atoms with Crippen molar-refractivity contribution in [3.05, 3.63) is 59.2 Å². The molecule has 0 aliphatic rings. The zero-order valence-corrected chi connectivity index (χ0v) is 14.8. The molecule has 1 unspecified atom stereocenters. The number of ether oxygens (including phenoxy) is 2. The number of carbonyl (C=O) groups is 1. The molecular formula is C20H25NO3. The zero-order valence-electron chi connectivity index (χ0n) is 14.8. The van der Waals surface area contributed by atoms with E-state index in [1.165, 1.54) is 0 Å². The molecule has 4 nitrogen and oxygen atoms in total. The van der Waals surface area contributed by atoms with Gasteiger partial charge in [0.25, 0.3) is 5.91 Å². The molecule has 24 heavy (non-hydrogen) atoms. The van der Waals surface area contributed by atoms with E-state index >= 15 is 0 Å². The molecule has 0 aliphatic carbocycles. The van der Waals surface area contributed by atoms with Gasteiger partial charge in [0.2, 0.25) is 0 Å². The van der Waals surface area contributed by atoms with Gasteiger partial charge >= 0.3 is 0 Å². The topological polar surface area (TPSA) is 47.6 Å². The maximum atomic E-state index is 12.1. The van der Waals surface area contributed by atoms with Crippen LogP contribution < -0.4 is 14.8 Å². The fourth-order valence-electron chi connectivity index (χ4n) is 2.69. The Balaban J connectivity index is 1.85. The zero-order chi connectivity index (χ0) is 17.5. The van der Waals surface area contributed by atoms with Crippen molar-refractivity contribution >= 4 is 5.91 Å². The summed E-state index contributed by atoms with van der Waals surface area (Å²) in [5.74, 6) is 1.49. The second-order valence-corrected chi connectivity index (χ2v) is 6.03. The average molecular weight is 327 g/mol. The molecule has 0 aliphatic heterocycles. The minimum Gasteiger partial charge on any atom is -0.497 e. The van der Waals surface area contributed by atoms with E-state index in [0.717, 1.165) is 34.6 Å². The van der Waals surface area contributed by atoms with E-state index in [1.54, 1.807) is 7.11 Å². The van der Waals surface area contributed by atoms with Crippen LogP contribution in [0.2, 0.25) is 0 Å². The van der Waals surface area contributed by atoms with Crippen LogP contribution in [0.3, 0.4) is 0 Å². The smallest absolute Gasteiger partial charge is 0.258 e. The van der Waals surface area contributed by atoms with Gasteiger partial charge in [-0.1, -0.05) is 30.3 Å². The van der Waals surface area contributed by atoms with E-state index in [0.29, 0.717) is 0 Å². The molecule has 0 radical (unpaired) electrons. The number of hydrogen-bond donors (Lipinski definition) is 1. The van der Waals surface area contributed by atoms with Gasteiger partial charge < -0.3 is 14.8 Å². The van der Waals surface area contributed by atoms with Crippen LogP contribution in [0, 0.1) is 13.8 Å². The number of amides is 1. The summed E-state index contributed by atoms with van der Waals surface area (Å²) in [5, 5.41) is 2.97. The highest BCUT2D eigenvalue weighted by atomic mass is 16.5. The highest BCUT2D eigenvalue weighted by Crippen LogP contribution is 2.22.